The summed E-state index contributed by atoms with van der Waals surface area (Å²) in [7, 11) is 0. The summed E-state index contributed by atoms with van der Waals surface area (Å²) < 4.78 is 57.2. The minimum absolute atomic E-state index is 0.762. The molecule has 7 heterocycles. The maximum absolute atomic E-state index is 13.9. The van der Waals surface area contributed by atoms with Crippen molar-refractivity contribution in [1.29, 1.82) is 0 Å². The van der Waals surface area contributed by atoms with E-state index in [1.165, 1.54) is 0 Å². The Labute approximate surface area is 440 Å². The molecule has 7 fully saturated rings. The van der Waals surface area contributed by atoms with E-state index in [2.05, 4.69) is 21.3 Å². The van der Waals surface area contributed by atoms with Crippen LogP contribution in [-0.2, 0) is 85.7 Å². The molecule has 16 N–H and O–H groups in total. The summed E-state index contributed by atoms with van der Waals surface area (Å²) in [6.45, 7) is 0.293. The summed E-state index contributed by atoms with van der Waals surface area (Å²) in [6.07, 6.45) is -36.1. The number of cyclic esters (lactones) is 3. The fourth-order valence-electron chi connectivity index (χ4n) is 10.7. The molecule has 4 amide bonds. The van der Waals surface area contributed by atoms with E-state index in [0.29, 0.717) is 0 Å². The number of nitrogens with one attached hydrogen (secondary N) is 4. The molecular formula is C44H64N4O30. The fraction of sp³-hybridized carbons (Fsp3) is 0.818. The van der Waals surface area contributed by atoms with Crippen molar-refractivity contribution < 1.29 is 147 Å². The maximum atomic E-state index is 13.9. The lowest BCUT2D eigenvalue weighted by molar-refractivity contribution is -0.379. The molecule has 34 heteroatoms. The monoisotopic (exact) mass is 1130 g/mol. The number of hydrogen-bond donors (Lipinski definition) is 16. The number of esters is 3. The van der Waals surface area contributed by atoms with Crippen molar-refractivity contribution in [2.45, 2.75) is 198 Å². The predicted octanol–water partition coefficient (Wildman–Crippen LogP) is -10.9. The van der Waals surface area contributed by atoms with Crippen LogP contribution in [0.5, 0.6) is 0 Å². The Morgan fingerprint density at radius 1 is 0.487 bits per heavy atom. The van der Waals surface area contributed by atoms with Crippen molar-refractivity contribution >= 4 is 47.5 Å². The van der Waals surface area contributed by atoms with Gasteiger partial charge in [-0.05, 0) is 0 Å². The quantitative estimate of drug-likeness (QED) is 0.0567. The van der Waals surface area contributed by atoms with Crippen LogP contribution in [0.15, 0.2) is 0 Å². The van der Waals surface area contributed by atoms with Gasteiger partial charge in [0.05, 0.1) is 55.2 Å². The zero-order valence-electron chi connectivity index (χ0n) is 41.9. The van der Waals surface area contributed by atoms with Gasteiger partial charge in [-0.2, -0.15) is 0 Å². The first kappa shape index (κ1) is 60.7. The maximum Gasteiger partial charge on any atom is 0.367 e. The van der Waals surface area contributed by atoms with E-state index in [1.54, 1.807) is 0 Å². The van der Waals surface area contributed by atoms with E-state index in [0.717, 1.165) is 27.7 Å². The second-order valence-corrected chi connectivity index (χ2v) is 20.1. The highest BCUT2D eigenvalue weighted by Crippen LogP contribution is 2.44. The Hall–Kier alpha value is -4.96. The van der Waals surface area contributed by atoms with Crippen molar-refractivity contribution in [2.75, 3.05) is 26.4 Å². The molecular weight excluding hydrogens is 1060 g/mol. The molecule has 0 saturated carbocycles. The van der Waals surface area contributed by atoms with Crippen LogP contribution in [-0.4, -0.2) is 280 Å². The standard InChI is InChI=1S/C44H64N4O30/c1-13(50)45-25-17(54)5-41(68,37(63)64)75-34(25)30(60)22-10-69-39(66)43(72-22)7-19(56)27(47-15(3)52)36(77-43)32(62)24-12-71-40(67)44(74-24)8-20(57)28(48-16(4)53)35(78-44)31(61)23-11-70-38(65)42(73-23)6-18(55)26(46-14(2)51)33(76-42)29(59)21(58)9-49/h17-36,49,54-62,68H,5-12H2,1-4H3,(H,45,50)(H,46,51)(H,47,52)(H,48,53)(H,63,64)/t17-,18-,19-,20-,21+,22+,23+,24+,25+,26+,27+,28+,29+,30?,31-,32-,33+,34+,35+,36+,41-,42-,43-,44-/m0/s1. The van der Waals surface area contributed by atoms with Crippen molar-refractivity contribution in [3.8, 4) is 0 Å². The number of carbonyl (C=O) groups excluding carboxylic acids is 7. The van der Waals surface area contributed by atoms with Crippen LogP contribution in [0.2, 0.25) is 0 Å². The van der Waals surface area contributed by atoms with Gasteiger partial charge in [0, 0.05) is 53.4 Å². The largest absolute Gasteiger partial charge is 0.477 e. The third-order valence-corrected chi connectivity index (χ3v) is 14.3. The molecule has 1 unspecified atom stereocenters. The summed E-state index contributed by atoms with van der Waals surface area (Å²) >= 11 is 0. The first-order chi connectivity index (χ1) is 36.4. The Kier molecular flexibility index (Phi) is 18.1. The highest BCUT2D eigenvalue weighted by molar-refractivity contribution is 5.81. The molecule has 7 rings (SSSR count). The van der Waals surface area contributed by atoms with Crippen LogP contribution in [0.25, 0.3) is 0 Å². The Morgan fingerprint density at radius 3 is 1.06 bits per heavy atom. The van der Waals surface area contributed by atoms with Crippen LogP contribution >= 0.6 is 0 Å². The molecule has 0 aromatic carbocycles. The lowest BCUT2D eigenvalue weighted by Gasteiger charge is -2.53. The molecule has 0 bridgehead atoms. The number of rotatable bonds is 14. The van der Waals surface area contributed by atoms with Crippen LogP contribution < -0.4 is 21.3 Å². The third-order valence-electron chi connectivity index (χ3n) is 14.3. The average Bonchev–Trinajstić information content (AvgIpc) is 3.44. The van der Waals surface area contributed by atoms with Gasteiger partial charge in [-0.15, -0.1) is 0 Å². The van der Waals surface area contributed by atoms with Gasteiger partial charge >= 0.3 is 23.9 Å². The molecule has 0 aliphatic carbocycles. The SMILES string of the molecule is CC(=O)N[C@@H]1[C@@H](O)C[C@@](O)(C(=O)O)O[C@H]1C(O)[C@H]1COC(=O)[C@@]2(C[C@H](O)[C@@H](NC(C)=O)[C@H]([C@@H](O)[C@H]3COC(=O)[C@@]4(C[C@H](O)[C@@H](NC(C)=O)[C@H]([C@@H](O)[C@H]5COC(=O)[C@@]6(C[C@H](O)[C@@H](NC(C)=O)[C@H]([C@H](O)[C@H](O)CO)O6)O5)O4)O3)O2)O1. The van der Waals surface area contributed by atoms with E-state index < -0.39 is 245 Å². The predicted molar refractivity (Wildman–Crippen MR) is 238 cm³/mol. The minimum atomic E-state index is -3.14. The van der Waals surface area contributed by atoms with Gasteiger partial charge < -0.3 is 130 Å². The van der Waals surface area contributed by atoms with E-state index in [9.17, 15) is 99.6 Å². The van der Waals surface area contributed by atoms with Gasteiger partial charge in [0.1, 0.15) is 93.1 Å². The number of carboxylic acid groups (broad SMARTS) is 1. The zero-order chi connectivity index (χ0) is 57.7. The van der Waals surface area contributed by atoms with Crippen LogP contribution in [0.3, 0.4) is 0 Å². The molecule has 7 saturated heterocycles. The molecule has 440 valence electrons. The lowest BCUT2D eigenvalue weighted by atomic mass is 9.85. The van der Waals surface area contributed by atoms with Crippen LogP contribution in [0.4, 0.5) is 0 Å². The number of aliphatic hydroxyl groups excluding tert-OH is 10. The topological polar surface area (TPSA) is 520 Å². The summed E-state index contributed by atoms with van der Waals surface area (Å²) in [4.78, 5) is 102. The van der Waals surface area contributed by atoms with E-state index in [4.69, 9.17) is 47.4 Å². The molecule has 24 atom stereocenters. The smallest absolute Gasteiger partial charge is 0.367 e. The first-order valence-electron chi connectivity index (χ1n) is 24.4. The number of aliphatic hydroxyl groups is 11. The van der Waals surface area contributed by atoms with E-state index >= 15 is 0 Å². The zero-order valence-corrected chi connectivity index (χ0v) is 41.9. The number of carboxylic acids is 1. The van der Waals surface area contributed by atoms with Crippen molar-refractivity contribution in [3.05, 3.63) is 0 Å². The highest BCUT2D eigenvalue weighted by atomic mass is 16.8. The molecule has 34 nitrogen and oxygen atoms in total. The molecule has 0 radical (unpaired) electrons. The highest BCUT2D eigenvalue weighted by Gasteiger charge is 2.66. The molecule has 7 aliphatic rings. The van der Waals surface area contributed by atoms with E-state index in [1.807, 2.05) is 0 Å². The van der Waals surface area contributed by atoms with Gasteiger partial charge in [0.25, 0.3) is 23.1 Å². The fourth-order valence-corrected chi connectivity index (χ4v) is 10.7. The van der Waals surface area contributed by atoms with Gasteiger partial charge in [0.15, 0.2) is 0 Å². The Bertz CT molecular complexity index is 2300. The number of hydrogen-bond acceptors (Lipinski definition) is 29. The van der Waals surface area contributed by atoms with Crippen molar-refractivity contribution in [1.82, 2.24) is 21.3 Å². The summed E-state index contributed by atoms with van der Waals surface area (Å²) in [5.41, 5.74) is 0. The number of amides is 4. The lowest BCUT2D eigenvalue weighted by Crippen LogP contribution is -2.74. The number of ether oxygens (including phenoxy) is 10. The minimum Gasteiger partial charge on any atom is -0.477 e. The van der Waals surface area contributed by atoms with Gasteiger partial charge in [-0.1, -0.05) is 0 Å². The Balaban J connectivity index is 1.16. The van der Waals surface area contributed by atoms with Crippen molar-refractivity contribution in [3.63, 3.8) is 0 Å². The van der Waals surface area contributed by atoms with Crippen LogP contribution in [0, 0.1) is 0 Å². The third kappa shape index (κ3) is 11.9. The molecule has 0 aromatic heterocycles. The molecule has 3 spiro atoms. The van der Waals surface area contributed by atoms with Gasteiger partial charge in [-0.25, -0.2) is 19.2 Å². The Morgan fingerprint density at radius 2 is 0.769 bits per heavy atom. The summed E-state index contributed by atoms with van der Waals surface area (Å²) in [6, 6.07) is -6.60. The van der Waals surface area contributed by atoms with Crippen molar-refractivity contribution in [2.24, 2.45) is 0 Å². The second kappa shape index (κ2) is 23.3. The number of carbonyl (C=O) groups is 8. The number of aliphatic carboxylic acids is 1. The normalized spacial score (nSPS) is 42.9. The molecule has 0 aromatic rings. The van der Waals surface area contributed by atoms with Gasteiger partial charge in [-0.3, -0.25) is 19.2 Å². The van der Waals surface area contributed by atoms with E-state index in [-0.39, 0.29) is 0 Å². The first-order valence-corrected chi connectivity index (χ1v) is 24.4. The van der Waals surface area contributed by atoms with Gasteiger partial charge in [0.2, 0.25) is 23.6 Å². The molecule has 78 heavy (non-hydrogen) atoms. The second-order valence-electron chi connectivity index (χ2n) is 20.1. The summed E-state index contributed by atoms with van der Waals surface area (Å²) in [5, 5.41) is 142. The molecule has 7 aliphatic heterocycles. The average molecular weight is 1130 g/mol. The van der Waals surface area contributed by atoms with Crippen LogP contribution in [0.1, 0.15) is 53.4 Å². The summed E-state index contributed by atoms with van der Waals surface area (Å²) in [5.74, 6) is -21.1.